The highest BCUT2D eigenvalue weighted by Crippen LogP contribution is 2.31. The molecular formula is C19H25F3N6O4S. The molecule has 0 bridgehead atoms. The molecule has 33 heavy (non-hydrogen) atoms. The summed E-state index contributed by atoms with van der Waals surface area (Å²) in [5.41, 5.74) is 0.208. The number of alkyl halides is 3. The molecule has 10 nitrogen and oxygen atoms in total. The van der Waals surface area contributed by atoms with Crippen LogP contribution >= 0.6 is 0 Å². The summed E-state index contributed by atoms with van der Waals surface area (Å²) in [6, 6.07) is 4.67. The van der Waals surface area contributed by atoms with Crippen molar-refractivity contribution in [3.63, 3.8) is 0 Å². The Hall–Kier alpha value is -2.71. The van der Waals surface area contributed by atoms with Gasteiger partial charge in [-0.25, -0.2) is 8.42 Å². The third-order valence-corrected chi connectivity index (χ3v) is 6.80. The van der Waals surface area contributed by atoms with Crippen molar-refractivity contribution in [2.75, 3.05) is 32.7 Å². The number of ether oxygens (including phenoxy) is 1. The molecule has 0 spiro atoms. The summed E-state index contributed by atoms with van der Waals surface area (Å²) in [5, 5.41) is 10.5. The molecule has 0 atom stereocenters. The molecule has 0 saturated carbocycles. The maximum Gasteiger partial charge on any atom is 0.573 e. The van der Waals surface area contributed by atoms with Crippen LogP contribution in [0.1, 0.15) is 24.3 Å². The van der Waals surface area contributed by atoms with Crippen LogP contribution in [-0.2, 0) is 16.6 Å². The first-order valence-corrected chi connectivity index (χ1v) is 11.7. The van der Waals surface area contributed by atoms with Gasteiger partial charge in [-0.15, -0.1) is 18.3 Å². The van der Waals surface area contributed by atoms with Gasteiger partial charge in [-0.05, 0) is 26.0 Å². The lowest BCUT2D eigenvalue weighted by molar-refractivity contribution is -0.275. The molecule has 0 unspecified atom stereocenters. The number of carbonyl (C=O) groups excluding carboxylic acids is 1. The summed E-state index contributed by atoms with van der Waals surface area (Å²) in [5.74, 6) is -1.07. The molecule has 1 aromatic carbocycles. The number of para-hydroxylation sites is 1. The number of rotatable bonds is 8. The lowest BCUT2D eigenvalue weighted by atomic mass is 10.3. The molecule has 14 heteroatoms. The van der Waals surface area contributed by atoms with Crippen molar-refractivity contribution < 1.29 is 31.1 Å². The quantitative estimate of drug-likeness (QED) is 0.594. The third kappa shape index (κ3) is 6.65. The Morgan fingerprint density at radius 1 is 1.15 bits per heavy atom. The second-order valence-electron chi connectivity index (χ2n) is 7.74. The summed E-state index contributed by atoms with van der Waals surface area (Å²) in [6.07, 6.45) is -3.46. The van der Waals surface area contributed by atoms with E-state index in [2.05, 4.69) is 20.4 Å². The number of benzene rings is 1. The van der Waals surface area contributed by atoms with Crippen LogP contribution in [0.2, 0.25) is 0 Å². The highest BCUT2D eigenvalue weighted by atomic mass is 32.2. The van der Waals surface area contributed by atoms with Crippen molar-refractivity contribution in [1.29, 1.82) is 0 Å². The fourth-order valence-electron chi connectivity index (χ4n) is 3.30. The van der Waals surface area contributed by atoms with Crippen LogP contribution < -0.4 is 10.1 Å². The van der Waals surface area contributed by atoms with Gasteiger partial charge in [0, 0.05) is 38.8 Å². The minimum atomic E-state index is -5.00. The van der Waals surface area contributed by atoms with Crippen LogP contribution in [0.4, 0.5) is 13.2 Å². The van der Waals surface area contributed by atoms with Crippen molar-refractivity contribution >= 4 is 15.9 Å². The van der Waals surface area contributed by atoms with Gasteiger partial charge in [0.05, 0.1) is 12.7 Å². The first-order chi connectivity index (χ1) is 15.5. The molecule has 1 aliphatic heterocycles. The smallest absolute Gasteiger partial charge is 0.404 e. The molecule has 0 radical (unpaired) electrons. The minimum Gasteiger partial charge on any atom is -0.404 e. The Morgan fingerprint density at radius 3 is 2.45 bits per heavy atom. The maximum absolute atomic E-state index is 12.9. The Morgan fingerprint density at radius 2 is 1.82 bits per heavy atom. The molecule has 0 aliphatic carbocycles. The van der Waals surface area contributed by atoms with Crippen LogP contribution in [0.3, 0.4) is 0 Å². The number of amides is 1. The van der Waals surface area contributed by atoms with Gasteiger partial charge in [-0.1, -0.05) is 17.3 Å². The summed E-state index contributed by atoms with van der Waals surface area (Å²) in [4.78, 5) is 13.4. The summed E-state index contributed by atoms with van der Waals surface area (Å²) in [7, 11) is -4.16. The standard InChI is InChI=1S/C19H25F3N6O4S/c1-14(2)23-18(29)15-13-27(25-24-15)10-7-26-8-11-28(12-9-26)33(30,31)17-6-4-3-5-16(17)32-19(20,21)22/h3-6,13-14H,7-12H2,1-2H3,(H,23,29). The summed E-state index contributed by atoms with van der Waals surface area (Å²) in [6.45, 7) is 5.65. The van der Waals surface area contributed by atoms with Gasteiger partial charge in [0.1, 0.15) is 10.6 Å². The molecule has 1 amide bonds. The van der Waals surface area contributed by atoms with Crippen molar-refractivity contribution in [1.82, 2.24) is 29.5 Å². The van der Waals surface area contributed by atoms with E-state index < -0.39 is 27.0 Å². The highest BCUT2D eigenvalue weighted by Gasteiger charge is 2.36. The predicted octanol–water partition coefficient (Wildman–Crippen LogP) is 1.32. The van der Waals surface area contributed by atoms with E-state index in [9.17, 15) is 26.4 Å². The zero-order valence-corrected chi connectivity index (χ0v) is 18.9. The fraction of sp³-hybridized carbons (Fsp3) is 0.526. The summed E-state index contributed by atoms with van der Waals surface area (Å²) < 4.78 is 70.4. The number of hydrogen-bond acceptors (Lipinski definition) is 7. The highest BCUT2D eigenvalue weighted by molar-refractivity contribution is 7.89. The number of carbonyl (C=O) groups is 1. The number of piperazine rings is 1. The van der Waals surface area contributed by atoms with E-state index in [0.29, 0.717) is 26.2 Å². The zero-order chi connectivity index (χ0) is 24.2. The minimum absolute atomic E-state index is 0.0257. The molecule has 2 heterocycles. The van der Waals surface area contributed by atoms with Gasteiger partial charge in [-0.3, -0.25) is 14.4 Å². The van der Waals surface area contributed by atoms with Crippen LogP contribution in [0.25, 0.3) is 0 Å². The van der Waals surface area contributed by atoms with E-state index in [1.165, 1.54) is 23.0 Å². The molecule has 1 saturated heterocycles. The van der Waals surface area contributed by atoms with Crippen molar-refractivity contribution in [3.05, 3.63) is 36.2 Å². The SMILES string of the molecule is CC(C)NC(=O)c1cn(CCN2CCN(S(=O)(=O)c3ccccc3OC(F)(F)F)CC2)nn1. The second-order valence-corrected chi connectivity index (χ2v) is 9.64. The molecule has 1 fully saturated rings. The second kappa shape index (κ2) is 10.1. The number of halogens is 3. The van der Waals surface area contributed by atoms with Crippen LogP contribution in [0.5, 0.6) is 5.75 Å². The van der Waals surface area contributed by atoms with E-state index in [0.717, 1.165) is 16.4 Å². The Bertz CT molecular complexity index is 1070. The number of nitrogens with one attached hydrogen (secondary N) is 1. The molecule has 1 aliphatic rings. The van der Waals surface area contributed by atoms with Gasteiger partial charge >= 0.3 is 6.36 Å². The van der Waals surface area contributed by atoms with Crippen LogP contribution in [0.15, 0.2) is 35.4 Å². The van der Waals surface area contributed by atoms with E-state index in [4.69, 9.17) is 0 Å². The number of hydrogen-bond donors (Lipinski definition) is 1. The fourth-order valence-corrected chi connectivity index (χ4v) is 4.83. The van der Waals surface area contributed by atoms with Gasteiger partial charge in [0.15, 0.2) is 5.69 Å². The van der Waals surface area contributed by atoms with Crippen LogP contribution in [0, 0.1) is 0 Å². The molecule has 3 rings (SSSR count). The van der Waals surface area contributed by atoms with E-state index >= 15 is 0 Å². The van der Waals surface area contributed by atoms with Gasteiger partial charge in [-0.2, -0.15) is 4.31 Å². The van der Waals surface area contributed by atoms with Gasteiger partial charge in [0.25, 0.3) is 5.91 Å². The van der Waals surface area contributed by atoms with Crippen LogP contribution in [-0.4, -0.2) is 83.7 Å². The molecule has 1 aromatic heterocycles. The first kappa shape index (κ1) is 24.9. The molecule has 1 N–H and O–H groups in total. The normalized spacial score (nSPS) is 16.2. The average molecular weight is 491 g/mol. The van der Waals surface area contributed by atoms with Crippen molar-refractivity contribution in [3.8, 4) is 5.75 Å². The first-order valence-electron chi connectivity index (χ1n) is 10.2. The summed E-state index contributed by atoms with van der Waals surface area (Å²) >= 11 is 0. The third-order valence-electron chi connectivity index (χ3n) is 4.86. The molecule has 2 aromatic rings. The van der Waals surface area contributed by atoms with E-state index in [1.807, 2.05) is 18.7 Å². The Balaban J connectivity index is 1.56. The van der Waals surface area contributed by atoms with Crippen molar-refractivity contribution in [2.45, 2.75) is 37.7 Å². The largest absolute Gasteiger partial charge is 0.573 e. The maximum atomic E-state index is 12.9. The van der Waals surface area contributed by atoms with Gasteiger partial charge < -0.3 is 10.1 Å². The lowest BCUT2D eigenvalue weighted by Gasteiger charge is -2.34. The number of aromatic nitrogens is 3. The topological polar surface area (TPSA) is 110 Å². The zero-order valence-electron chi connectivity index (χ0n) is 18.1. The predicted molar refractivity (Wildman–Crippen MR) is 111 cm³/mol. The van der Waals surface area contributed by atoms with E-state index in [-0.39, 0.29) is 30.7 Å². The molecule has 182 valence electrons. The Kier molecular flexibility index (Phi) is 7.59. The number of nitrogens with zero attached hydrogens (tertiary/aromatic N) is 5. The van der Waals surface area contributed by atoms with Crippen molar-refractivity contribution in [2.24, 2.45) is 0 Å². The number of sulfonamides is 1. The monoisotopic (exact) mass is 490 g/mol. The average Bonchev–Trinajstić information content (AvgIpc) is 3.20. The lowest BCUT2D eigenvalue weighted by Crippen LogP contribution is -2.49. The Labute approximate surface area is 189 Å². The van der Waals surface area contributed by atoms with E-state index in [1.54, 1.807) is 0 Å². The molecular weight excluding hydrogens is 465 g/mol. The van der Waals surface area contributed by atoms with Gasteiger partial charge in [0.2, 0.25) is 10.0 Å².